The van der Waals surface area contributed by atoms with Crippen molar-refractivity contribution < 1.29 is 0 Å². The number of thioether (sulfide) groups is 1. The minimum absolute atomic E-state index is 0.512. The molecule has 0 spiro atoms. The van der Waals surface area contributed by atoms with Crippen LogP contribution < -0.4 is 5.32 Å². The highest BCUT2D eigenvalue weighted by molar-refractivity contribution is 7.99. The normalized spacial score (nSPS) is 16.4. The van der Waals surface area contributed by atoms with E-state index in [1.165, 1.54) is 19.3 Å². The van der Waals surface area contributed by atoms with E-state index in [1.54, 1.807) is 11.8 Å². The Bertz CT molecular complexity index is 334. The second-order valence-corrected chi connectivity index (χ2v) is 5.89. The summed E-state index contributed by atoms with van der Waals surface area (Å²) in [6.45, 7) is 6.05. The molecule has 1 aliphatic carbocycles. The third-order valence-electron chi connectivity index (χ3n) is 3.05. The van der Waals surface area contributed by atoms with Crippen molar-refractivity contribution in [3.05, 3.63) is 0 Å². The van der Waals surface area contributed by atoms with Crippen LogP contribution in [0.2, 0.25) is 0 Å². The molecule has 1 aromatic heterocycles. The van der Waals surface area contributed by atoms with Crippen LogP contribution in [0.25, 0.3) is 0 Å². The van der Waals surface area contributed by atoms with Crippen molar-refractivity contribution in [2.45, 2.75) is 50.9 Å². The van der Waals surface area contributed by atoms with Crippen molar-refractivity contribution in [3.8, 4) is 0 Å². The third-order valence-corrected chi connectivity index (χ3v) is 4.24. The molecule has 0 unspecified atom stereocenters. The minimum atomic E-state index is 0.512. The van der Waals surface area contributed by atoms with Crippen molar-refractivity contribution in [1.29, 1.82) is 0 Å². The fraction of sp³-hybridized carbons (Fsp3) is 0.909. The third kappa shape index (κ3) is 3.96. The first-order valence-electron chi connectivity index (χ1n) is 6.38. The van der Waals surface area contributed by atoms with E-state index in [-0.39, 0.29) is 0 Å². The SMILES string of the molecule is CC(C)NCCn1nnnc1SCC1CCC1. The van der Waals surface area contributed by atoms with E-state index in [2.05, 4.69) is 34.7 Å². The van der Waals surface area contributed by atoms with Gasteiger partial charge >= 0.3 is 0 Å². The molecule has 1 aromatic rings. The highest BCUT2D eigenvalue weighted by atomic mass is 32.2. The molecule has 96 valence electrons. The van der Waals surface area contributed by atoms with Gasteiger partial charge < -0.3 is 5.32 Å². The van der Waals surface area contributed by atoms with Crippen molar-refractivity contribution in [1.82, 2.24) is 25.5 Å². The number of hydrogen-bond donors (Lipinski definition) is 1. The maximum atomic E-state index is 4.08. The van der Waals surface area contributed by atoms with Gasteiger partial charge in [-0.15, -0.1) is 5.10 Å². The first kappa shape index (κ1) is 12.8. The molecule has 0 atom stereocenters. The van der Waals surface area contributed by atoms with Crippen molar-refractivity contribution in [2.75, 3.05) is 12.3 Å². The van der Waals surface area contributed by atoms with Crippen molar-refractivity contribution >= 4 is 11.8 Å². The average molecular weight is 255 g/mol. The summed E-state index contributed by atoms with van der Waals surface area (Å²) in [7, 11) is 0. The van der Waals surface area contributed by atoms with Crippen LogP contribution in [0, 0.1) is 5.92 Å². The van der Waals surface area contributed by atoms with Gasteiger partial charge in [-0.1, -0.05) is 32.0 Å². The molecule has 5 nitrogen and oxygen atoms in total. The summed E-state index contributed by atoms with van der Waals surface area (Å²) >= 11 is 1.80. The number of nitrogens with zero attached hydrogens (tertiary/aromatic N) is 4. The Kier molecular flexibility index (Phi) is 4.79. The minimum Gasteiger partial charge on any atom is -0.313 e. The molecule has 0 radical (unpaired) electrons. The van der Waals surface area contributed by atoms with Crippen LogP contribution in [-0.2, 0) is 6.54 Å². The number of hydrogen-bond acceptors (Lipinski definition) is 5. The topological polar surface area (TPSA) is 55.6 Å². The van der Waals surface area contributed by atoms with E-state index < -0.39 is 0 Å². The van der Waals surface area contributed by atoms with Gasteiger partial charge in [0.05, 0.1) is 6.54 Å². The molecule has 6 heteroatoms. The second kappa shape index (κ2) is 6.35. The lowest BCUT2D eigenvalue weighted by molar-refractivity contribution is 0.352. The molecule has 0 amide bonds. The van der Waals surface area contributed by atoms with Gasteiger partial charge in [0.15, 0.2) is 0 Å². The summed E-state index contributed by atoms with van der Waals surface area (Å²) in [5.74, 6) is 2.05. The largest absolute Gasteiger partial charge is 0.313 e. The number of nitrogens with one attached hydrogen (secondary N) is 1. The van der Waals surface area contributed by atoms with Gasteiger partial charge in [-0.05, 0) is 29.2 Å². The first-order chi connectivity index (χ1) is 8.25. The summed E-state index contributed by atoms with van der Waals surface area (Å²) in [6, 6.07) is 0.512. The number of aromatic nitrogens is 4. The number of rotatable bonds is 7. The van der Waals surface area contributed by atoms with Gasteiger partial charge in [-0.2, -0.15) is 0 Å². The Balaban J connectivity index is 1.74. The van der Waals surface area contributed by atoms with Crippen LogP contribution >= 0.6 is 11.8 Å². The Hall–Kier alpha value is -0.620. The van der Waals surface area contributed by atoms with Crippen LogP contribution in [0.1, 0.15) is 33.1 Å². The molecular weight excluding hydrogens is 234 g/mol. The van der Waals surface area contributed by atoms with Gasteiger partial charge in [0.2, 0.25) is 5.16 Å². The van der Waals surface area contributed by atoms with Crippen molar-refractivity contribution in [2.24, 2.45) is 5.92 Å². The molecular formula is C11H21N5S. The van der Waals surface area contributed by atoms with E-state index in [4.69, 9.17) is 0 Å². The lowest BCUT2D eigenvalue weighted by Crippen LogP contribution is -2.27. The van der Waals surface area contributed by atoms with E-state index in [1.807, 2.05) is 4.68 Å². The molecule has 0 saturated heterocycles. The van der Waals surface area contributed by atoms with Crippen LogP contribution in [0.15, 0.2) is 5.16 Å². The predicted molar refractivity (Wildman–Crippen MR) is 69.0 cm³/mol. The summed E-state index contributed by atoms with van der Waals surface area (Å²) in [6.07, 6.45) is 4.15. The Morgan fingerprint density at radius 2 is 2.29 bits per heavy atom. The molecule has 1 heterocycles. The van der Waals surface area contributed by atoms with Gasteiger partial charge in [-0.25, -0.2) is 4.68 Å². The monoisotopic (exact) mass is 255 g/mol. The van der Waals surface area contributed by atoms with Gasteiger partial charge in [-0.3, -0.25) is 0 Å². The zero-order valence-electron chi connectivity index (χ0n) is 10.6. The van der Waals surface area contributed by atoms with Crippen LogP contribution in [0.4, 0.5) is 0 Å². The average Bonchev–Trinajstić information content (AvgIpc) is 2.63. The summed E-state index contributed by atoms with van der Waals surface area (Å²) in [4.78, 5) is 0. The Morgan fingerprint density at radius 1 is 1.47 bits per heavy atom. The zero-order chi connectivity index (χ0) is 12.1. The molecule has 0 aromatic carbocycles. The van der Waals surface area contributed by atoms with E-state index in [0.717, 1.165) is 29.9 Å². The summed E-state index contributed by atoms with van der Waals surface area (Å²) in [5.41, 5.74) is 0. The smallest absolute Gasteiger partial charge is 0.209 e. The standard InChI is InChI=1S/C11H21N5S/c1-9(2)12-6-7-16-11(13-14-15-16)17-8-10-4-3-5-10/h9-10,12H,3-8H2,1-2H3. The highest BCUT2D eigenvalue weighted by Crippen LogP contribution is 2.31. The number of tetrazole rings is 1. The van der Waals surface area contributed by atoms with E-state index >= 15 is 0 Å². The molecule has 2 rings (SSSR count). The molecule has 1 saturated carbocycles. The quantitative estimate of drug-likeness (QED) is 0.749. The van der Waals surface area contributed by atoms with E-state index in [0.29, 0.717) is 6.04 Å². The highest BCUT2D eigenvalue weighted by Gasteiger charge is 2.18. The predicted octanol–water partition coefficient (Wildman–Crippen LogP) is 1.56. The second-order valence-electron chi connectivity index (χ2n) is 4.90. The molecule has 1 fully saturated rings. The molecule has 0 aliphatic heterocycles. The van der Waals surface area contributed by atoms with Gasteiger partial charge in [0, 0.05) is 18.3 Å². The zero-order valence-corrected chi connectivity index (χ0v) is 11.4. The maximum Gasteiger partial charge on any atom is 0.209 e. The van der Waals surface area contributed by atoms with E-state index in [9.17, 15) is 0 Å². The summed E-state index contributed by atoms with van der Waals surface area (Å²) < 4.78 is 1.90. The van der Waals surface area contributed by atoms with Crippen LogP contribution in [0.3, 0.4) is 0 Å². The van der Waals surface area contributed by atoms with Crippen molar-refractivity contribution in [3.63, 3.8) is 0 Å². The fourth-order valence-corrected chi connectivity index (χ4v) is 2.84. The maximum absolute atomic E-state index is 4.08. The first-order valence-corrected chi connectivity index (χ1v) is 7.36. The van der Waals surface area contributed by atoms with Crippen LogP contribution in [0.5, 0.6) is 0 Å². The Morgan fingerprint density at radius 3 is 2.94 bits per heavy atom. The molecule has 17 heavy (non-hydrogen) atoms. The van der Waals surface area contributed by atoms with Crippen LogP contribution in [-0.4, -0.2) is 38.5 Å². The van der Waals surface area contributed by atoms with Gasteiger partial charge in [0.25, 0.3) is 0 Å². The lowest BCUT2D eigenvalue weighted by atomic mass is 9.87. The fourth-order valence-electron chi connectivity index (χ4n) is 1.75. The lowest BCUT2D eigenvalue weighted by Gasteiger charge is -2.24. The molecule has 1 N–H and O–H groups in total. The molecule has 1 aliphatic rings. The van der Waals surface area contributed by atoms with Gasteiger partial charge in [0.1, 0.15) is 0 Å². The molecule has 0 bridgehead atoms. The Labute approximate surface area is 107 Å². The summed E-state index contributed by atoms with van der Waals surface area (Å²) in [5, 5.41) is 16.2.